The lowest BCUT2D eigenvalue weighted by Crippen LogP contribution is -2.20. The molecule has 0 saturated heterocycles. The summed E-state index contributed by atoms with van der Waals surface area (Å²) < 4.78 is 23.1. The van der Waals surface area contributed by atoms with Gasteiger partial charge in [-0.25, -0.2) is 0 Å². The van der Waals surface area contributed by atoms with E-state index in [1.54, 1.807) is 6.07 Å². The molecule has 164 valence electrons. The van der Waals surface area contributed by atoms with E-state index in [0.29, 0.717) is 59.8 Å². The molecule has 0 heterocycles. The van der Waals surface area contributed by atoms with Crippen LogP contribution in [0.2, 0.25) is 0 Å². The number of rotatable bonds is 12. The van der Waals surface area contributed by atoms with E-state index in [0.717, 1.165) is 22.1 Å². The maximum absolute atomic E-state index is 11.0. The van der Waals surface area contributed by atoms with Crippen molar-refractivity contribution in [2.45, 2.75) is 12.5 Å². The van der Waals surface area contributed by atoms with Crippen LogP contribution < -0.4 is 9.47 Å². The number of benzene rings is 2. The molecule has 0 N–H and O–H groups in total. The van der Waals surface area contributed by atoms with Gasteiger partial charge < -0.3 is 23.7 Å². The highest BCUT2D eigenvalue weighted by molar-refractivity contribution is 6.07. The maximum atomic E-state index is 11.0. The standard InChI is InChI=1S/C24H20O8/c25-7-11-29-21-15-3-1-4-16-19(15)20-17(23(21)31-13-9-27)5-2-6-18(20)24(32-14-10-28)22(16)30-12-8-26/h1-5,7-10,21H,6,11-14H2. The first-order valence-electron chi connectivity index (χ1n) is 10.0. The zero-order chi connectivity index (χ0) is 22.5. The summed E-state index contributed by atoms with van der Waals surface area (Å²) in [5, 5.41) is 1.49. The van der Waals surface area contributed by atoms with Crippen molar-refractivity contribution in [3.63, 3.8) is 0 Å². The van der Waals surface area contributed by atoms with Gasteiger partial charge in [0, 0.05) is 27.5 Å². The average Bonchev–Trinajstić information content (AvgIpc) is 2.83. The smallest absolute Gasteiger partial charge is 0.170 e. The fourth-order valence-electron chi connectivity index (χ4n) is 4.25. The van der Waals surface area contributed by atoms with Crippen LogP contribution in [-0.4, -0.2) is 51.6 Å². The van der Waals surface area contributed by atoms with Gasteiger partial charge in [-0.3, -0.25) is 14.4 Å². The molecule has 1 atom stereocenters. The Morgan fingerprint density at radius 1 is 0.844 bits per heavy atom. The Bertz CT molecular complexity index is 1140. The molecule has 0 amide bonds. The van der Waals surface area contributed by atoms with Gasteiger partial charge in [-0.1, -0.05) is 30.4 Å². The summed E-state index contributed by atoms with van der Waals surface area (Å²) in [4.78, 5) is 44.1. The molecule has 0 saturated carbocycles. The number of hydrogen-bond acceptors (Lipinski definition) is 8. The number of allylic oxidation sites excluding steroid dienone is 3. The van der Waals surface area contributed by atoms with Gasteiger partial charge in [-0.2, -0.15) is 0 Å². The second-order valence-electron chi connectivity index (χ2n) is 6.98. The minimum absolute atomic E-state index is 0.163. The number of ether oxygens (including phenoxy) is 4. The van der Waals surface area contributed by atoms with Crippen molar-refractivity contribution >= 4 is 41.5 Å². The van der Waals surface area contributed by atoms with E-state index >= 15 is 0 Å². The molecule has 0 bridgehead atoms. The third kappa shape index (κ3) is 3.58. The summed E-state index contributed by atoms with van der Waals surface area (Å²) >= 11 is 0. The predicted molar refractivity (Wildman–Crippen MR) is 114 cm³/mol. The van der Waals surface area contributed by atoms with Crippen LogP contribution in [0.5, 0.6) is 11.5 Å². The van der Waals surface area contributed by atoms with Crippen LogP contribution in [0.1, 0.15) is 22.8 Å². The number of hydrogen-bond donors (Lipinski definition) is 0. The van der Waals surface area contributed by atoms with Gasteiger partial charge in [-0.05, 0) is 12.0 Å². The molecule has 2 aliphatic carbocycles. The highest BCUT2D eigenvalue weighted by Crippen LogP contribution is 2.53. The van der Waals surface area contributed by atoms with Gasteiger partial charge in [0.2, 0.25) is 0 Å². The van der Waals surface area contributed by atoms with Gasteiger partial charge in [-0.15, -0.1) is 0 Å². The van der Waals surface area contributed by atoms with E-state index in [4.69, 9.17) is 18.9 Å². The monoisotopic (exact) mass is 436 g/mol. The van der Waals surface area contributed by atoms with Gasteiger partial charge in [0.25, 0.3) is 0 Å². The molecule has 1 unspecified atom stereocenters. The number of carbonyl (C=O) groups is 4. The fraction of sp³-hybridized carbons (Fsp3) is 0.250. The largest absolute Gasteiger partial charge is 0.487 e. The molecule has 0 radical (unpaired) electrons. The molecular weight excluding hydrogens is 416 g/mol. The van der Waals surface area contributed by atoms with Crippen molar-refractivity contribution in [1.29, 1.82) is 0 Å². The third-order valence-electron chi connectivity index (χ3n) is 5.26. The fourth-order valence-corrected chi connectivity index (χ4v) is 4.25. The quantitative estimate of drug-likeness (QED) is 0.467. The molecule has 8 heteroatoms. The van der Waals surface area contributed by atoms with Crippen LogP contribution in [0.3, 0.4) is 0 Å². The molecular formula is C24H20O8. The zero-order valence-electron chi connectivity index (χ0n) is 17.1. The molecule has 0 aromatic heterocycles. The molecule has 2 aliphatic rings. The summed E-state index contributed by atoms with van der Waals surface area (Å²) in [5.41, 5.74) is 3.03. The summed E-state index contributed by atoms with van der Waals surface area (Å²) in [6.07, 6.45) is 6.12. The molecule has 0 fully saturated rings. The average molecular weight is 436 g/mol. The Morgan fingerprint density at radius 3 is 2.25 bits per heavy atom. The Labute approximate surface area is 183 Å². The molecule has 32 heavy (non-hydrogen) atoms. The Morgan fingerprint density at radius 2 is 1.53 bits per heavy atom. The summed E-state index contributed by atoms with van der Waals surface area (Å²) in [6, 6.07) is 5.48. The van der Waals surface area contributed by atoms with E-state index in [2.05, 4.69) is 0 Å². The van der Waals surface area contributed by atoms with Gasteiger partial charge in [0.05, 0.1) is 0 Å². The summed E-state index contributed by atoms with van der Waals surface area (Å²) in [5.74, 6) is 1.15. The van der Waals surface area contributed by atoms with Crippen molar-refractivity contribution < 1.29 is 38.1 Å². The van der Waals surface area contributed by atoms with Crippen LogP contribution in [0, 0.1) is 0 Å². The Balaban J connectivity index is 2.06. The number of aldehydes is 4. The minimum atomic E-state index is -0.720. The van der Waals surface area contributed by atoms with Gasteiger partial charge >= 0.3 is 0 Å². The molecule has 2 aromatic rings. The predicted octanol–water partition coefficient (Wildman–Crippen LogP) is 2.30. The first-order valence-corrected chi connectivity index (χ1v) is 10.0. The van der Waals surface area contributed by atoms with Crippen LogP contribution in [0.25, 0.3) is 16.3 Å². The van der Waals surface area contributed by atoms with Crippen LogP contribution in [0.15, 0.2) is 36.1 Å². The van der Waals surface area contributed by atoms with Crippen LogP contribution in [0.4, 0.5) is 0 Å². The second-order valence-corrected chi connectivity index (χ2v) is 6.98. The Kier molecular flexibility index (Phi) is 6.42. The molecule has 2 aromatic carbocycles. The molecule has 8 nitrogen and oxygen atoms in total. The van der Waals surface area contributed by atoms with E-state index < -0.39 is 6.10 Å². The SMILES string of the molecule is O=CCOC1=C2C=CCc3c(OCC=O)c(OCC=O)c4cccc(c4c32)C1OCC=O. The van der Waals surface area contributed by atoms with Gasteiger partial charge in [0.1, 0.15) is 44.6 Å². The molecule has 0 spiro atoms. The highest BCUT2D eigenvalue weighted by atomic mass is 16.5. The van der Waals surface area contributed by atoms with Crippen molar-refractivity contribution in [3.05, 3.63) is 52.8 Å². The number of carbonyl (C=O) groups excluding carboxylic acids is 4. The van der Waals surface area contributed by atoms with Crippen LogP contribution in [-0.2, 0) is 35.1 Å². The minimum Gasteiger partial charge on any atom is -0.487 e. The first-order chi connectivity index (χ1) is 15.8. The normalized spacial score (nSPS) is 15.9. The topological polar surface area (TPSA) is 105 Å². The lowest BCUT2D eigenvalue weighted by Gasteiger charge is -2.33. The van der Waals surface area contributed by atoms with E-state index in [9.17, 15) is 19.2 Å². The van der Waals surface area contributed by atoms with E-state index in [1.165, 1.54) is 0 Å². The summed E-state index contributed by atoms with van der Waals surface area (Å²) in [7, 11) is 0. The van der Waals surface area contributed by atoms with Crippen molar-refractivity contribution in [2.24, 2.45) is 0 Å². The lowest BCUT2D eigenvalue weighted by atomic mass is 9.79. The summed E-state index contributed by atoms with van der Waals surface area (Å²) in [6.45, 7) is -0.712. The second kappa shape index (κ2) is 9.57. The van der Waals surface area contributed by atoms with Crippen molar-refractivity contribution in [2.75, 3.05) is 26.4 Å². The van der Waals surface area contributed by atoms with Crippen molar-refractivity contribution in [1.82, 2.24) is 0 Å². The van der Waals surface area contributed by atoms with Crippen molar-refractivity contribution in [3.8, 4) is 11.5 Å². The first kappa shape index (κ1) is 21.5. The zero-order valence-corrected chi connectivity index (χ0v) is 17.1. The third-order valence-corrected chi connectivity index (χ3v) is 5.26. The van der Waals surface area contributed by atoms with Gasteiger partial charge in [0.15, 0.2) is 30.4 Å². The molecule has 0 aliphatic heterocycles. The van der Waals surface area contributed by atoms with E-state index in [-0.39, 0.29) is 26.4 Å². The highest BCUT2D eigenvalue weighted by Gasteiger charge is 2.36. The molecule has 4 rings (SSSR count). The Hall–Kier alpha value is -3.78. The van der Waals surface area contributed by atoms with Crippen LogP contribution >= 0.6 is 0 Å². The van der Waals surface area contributed by atoms with E-state index in [1.807, 2.05) is 24.3 Å². The lowest BCUT2D eigenvalue weighted by molar-refractivity contribution is -0.115. The maximum Gasteiger partial charge on any atom is 0.170 e.